The van der Waals surface area contributed by atoms with Gasteiger partial charge in [-0.2, -0.15) is 0 Å². The number of nitrogens with one attached hydrogen (secondary N) is 2. The van der Waals surface area contributed by atoms with Crippen LogP contribution >= 0.6 is 0 Å². The molecule has 1 aliphatic rings. The maximum Gasteiger partial charge on any atom is 0.262 e. The molecule has 0 fully saturated rings. The zero-order valence-electron chi connectivity index (χ0n) is 11.9. The highest BCUT2D eigenvalue weighted by Crippen LogP contribution is 2.30. The normalized spacial score (nSPS) is 13.9. The van der Waals surface area contributed by atoms with Gasteiger partial charge in [0.15, 0.2) is 6.61 Å². The predicted molar refractivity (Wildman–Crippen MR) is 81.0 cm³/mol. The molecule has 0 saturated carbocycles. The third kappa shape index (κ3) is 3.33. The molecule has 1 amide bonds. The number of ether oxygens (including phenoxy) is 1. The van der Waals surface area contributed by atoms with Crippen molar-refractivity contribution >= 4 is 21.6 Å². The highest BCUT2D eigenvalue weighted by atomic mass is 32.2. The number of anilines is 1. The van der Waals surface area contributed by atoms with E-state index in [9.17, 15) is 17.6 Å². The number of carbonyl (C=O) groups is 1. The molecule has 2 N–H and O–H groups in total. The molecule has 2 aromatic carbocycles. The standard InChI is InChI=1S/C15H13FN2O4S/c16-12-4-2-1-3-10(12)8-17-23(20,21)11-5-6-14-13(7-11)18-15(19)9-22-14/h1-7,17H,8-9H2,(H,18,19). The first-order chi connectivity index (χ1) is 11.0. The molecule has 3 rings (SSSR count). The monoisotopic (exact) mass is 336 g/mol. The van der Waals surface area contributed by atoms with Crippen LogP contribution in [0.2, 0.25) is 0 Å². The van der Waals surface area contributed by atoms with Crippen molar-refractivity contribution in [1.29, 1.82) is 0 Å². The predicted octanol–water partition coefficient (Wildman–Crippen LogP) is 1.64. The van der Waals surface area contributed by atoms with Crippen LogP contribution in [0, 0.1) is 5.82 Å². The van der Waals surface area contributed by atoms with E-state index >= 15 is 0 Å². The molecule has 0 bridgehead atoms. The van der Waals surface area contributed by atoms with E-state index < -0.39 is 15.8 Å². The largest absolute Gasteiger partial charge is 0.482 e. The molecule has 1 aliphatic heterocycles. The van der Waals surface area contributed by atoms with E-state index in [-0.39, 0.29) is 35.2 Å². The lowest BCUT2D eigenvalue weighted by Crippen LogP contribution is -2.27. The van der Waals surface area contributed by atoms with Crippen molar-refractivity contribution in [3.8, 4) is 5.75 Å². The van der Waals surface area contributed by atoms with Crippen LogP contribution in [-0.2, 0) is 21.4 Å². The molecule has 0 unspecified atom stereocenters. The molecule has 0 aromatic heterocycles. The molecule has 120 valence electrons. The van der Waals surface area contributed by atoms with E-state index in [2.05, 4.69) is 10.0 Å². The number of rotatable bonds is 4. The van der Waals surface area contributed by atoms with Gasteiger partial charge in [-0.05, 0) is 24.3 Å². The molecule has 0 spiro atoms. The fourth-order valence-electron chi connectivity index (χ4n) is 2.13. The zero-order chi connectivity index (χ0) is 16.4. The number of carbonyl (C=O) groups excluding carboxylic acids is 1. The van der Waals surface area contributed by atoms with Crippen molar-refractivity contribution in [3.05, 3.63) is 53.8 Å². The first-order valence-corrected chi connectivity index (χ1v) is 8.24. The van der Waals surface area contributed by atoms with Crippen LogP contribution in [0.3, 0.4) is 0 Å². The second-order valence-corrected chi connectivity index (χ2v) is 6.68. The van der Waals surface area contributed by atoms with Gasteiger partial charge in [-0.3, -0.25) is 4.79 Å². The summed E-state index contributed by atoms with van der Waals surface area (Å²) in [6.07, 6.45) is 0. The number of benzene rings is 2. The molecule has 0 radical (unpaired) electrons. The zero-order valence-corrected chi connectivity index (χ0v) is 12.7. The Morgan fingerprint density at radius 3 is 2.78 bits per heavy atom. The van der Waals surface area contributed by atoms with Crippen LogP contribution in [-0.4, -0.2) is 20.9 Å². The minimum absolute atomic E-state index is 0.0432. The highest BCUT2D eigenvalue weighted by molar-refractivity contribution is 7.89. The fourth-order valence-corrected chi connectivity index (χ4v) is 3.16. The van der Waals surface area contributed by atoms with Gasteiger partial charge < -0.3 is 10.1 Å². The van der Waals surface area contributed by atoms with Crippen LogP contribution in [0.15, 0.2) is 47.4 Å². The van der Waals surface area contributed by atoms with Gasteiger partial charge in [0.25, 0.3) is 5.91 Å². The molecule has 0 saturated heterocycles. The Morgan fingerprint density at radius 1 is 1.22 bits per heavy atom. The Bertz CT molecular complexity index is 868. The minimum Gasteiger partial charge on any atom is -0.482 e. The minimum atomic E-state index is -3.85. The number of amides is 1. The van der Waals surface area contributed by atoms with E-state index in [1.807, 2.05) is 0 Å². The lowest BCUT2D eigenvalue weighted by molar-refractivity contribution is -0.118. The summed E-state index contributed by atoms with van der Waals surface area (Å²) < 4.78 is 45.6. The number of hydrogen-bond donors (Lipinski definition) is 2. The summed E-state index contributed by atoms with van der Waals surface area (Å²) in [5.74, 6) is -0.440. The van der Waals surface area contributed by atoms with E-state index in [0.29, 0.717) is 5.75 Å². The van der Waals surface area contributed by atoms with Crippen molar-refractivity contribution in [3.63, 3.8) is 0 Å². The first-order valence-electron chi connectivity index (χ1n) is 6.75. The number of fused-ring (bicyclic) bond motifs is 1. The van der Waals surface area contributed by atoms with E-state index in [4.69, 9.17) is 4.74 Å². The Balaban J connectivity index is 1.81. The van der Waals surface area contributed by atoms with Crippen molar-refractivity contribution in [1.82, 2.24) is 4.72 Å². The summed E-state index contributed by atoms with van der Waals surface area (Å²) in [4.78, 5) is 11.2. The third-order valence-electron chi connectivity index (χ3n) is 3.30. The Morgan fingerprint density at radius 2 is 2.00 bits per heavy atom. The maximum atomic E-state index is 13.5. The summed E-state index contributed by atoms with van der Waals surface area (Å²) in [6.45, 7) is -0.278. The first kappa shape index (κ1) is 15.4. The van der Waals surface area contributed by atoms with Crippen molar-refractivity contribution < 1.29 is 22.3 Å². The number of halogens is 1. The Labute approximate surface area is 132 Å². The van der Waals surface area contributed by atoms with E-state index in [1.54, 1.807) is 6.07 Å². The molecule has 2 aromatic rings. The smallest absolute Gasteiger partial charge is 0.262 e. The van der Waals surface area contributed by atoms with Crippen molar-refractivity contribution in [2.75, 3.05) is 11.9 Å². The van der Waals surface area contributed by atoms with Crippen LogP contribution in [0.5, 0.6) is 5.75 Å². The summed E-state index contributed by atoms with van der Waals surface area (Å²) in [5.41, 5.74) is 0.528. The Hall–Kier alpha value is -2.45. The van der Waals surface area contributed by atoms with Gasteiger partial charge in [0, 0.05) is 12.1 Å². The van der Waals surface area contributed by atoms with Crippen LogP contribution in [0.25, 0.3) is 0 Å². The number of sulfonamides is 1. The summed E-state index contributed by atoms with van der Waals surface area (Å²) >= 11 is 0. The third-order valence-corrected chi connectivity index (χ3v) is 4.70. The van der Waals surface area contributed by atoms with Gasteiger partial charge in [0.05, 0.1) is 10.6 Å². The summed E-state index contributed by atoms with van der Waals surface area (Å²) in [6, 6.07) is 10.0. The molecular weight excluding hydrogens is 323 g/mol. The summed E-state index contributed by atoms with van der Waals surface area (Å²) in [7, 11) is -3.85. The second-order valence-electron chi connectivity index (χ2n) is 4.91. The van der Waals surface area contributed by atoms with Gasteiger partial charge in [0.1, 0.15) is 11.6 Å². The average Bonchev–Trinajstić information content (AvgIpc) is 2.53. The van der Waals surface area contributed by atoms with Crippen LogP contribution in [0.4, 0.5) is 10.1 Å². The summed E-state index contributed by atoms with van der Waals surface area (Å²) in [5, 5.41) is 2.54. The van der Waals surface area contributed by atoms with Gasteiger partial charge in [-0.1, -0.05) is 18.2 Å². The number of hydrogen-bond acceptors (Lipinski definition) is 4. The van der Waals surface area contributed by atoms with E-state index in [0.717, 1.165) is 0 Å². The molecular formula is C15H13FN2O4S. The second kappa shape index (κ2) is 5.98. The molecule has 0 aliphatic carbocycles. The van der Waals surface area contributed by atoms with Gasteiger partial charge in [-0.15, -0.1) is 0 Å². The molecule has 1 heterocycles. The maximum absolute atomic E-state index is 13.5. The topological polar surface area (TPSA) is 84.5 Å². The average molecular weight is 336 g/mol. The Kier molecular flexibility index (Phi) is 4.01. The van der Waals surface area contributed by atoms with Crippen LogP contribution in [0.1, 0.15) is 5.56 Å². The highest BCUT2D eigenvalue weighted by Gasteiger charge is 2.21. The van der Waals surface area contributed by atoms with Gasteiger partial charge in [0.2, 0.25) is 10.0 Å². The van der Waals surface area contributed by atoms with Crippen molar-refractivity contribution in [2.45, 2.75) is 11.4 Å². The quantitative estimate of drug-likeness (QED) is 0.889. The van der Waals surface area contributed by atoms with Gasteiger partial charge in [-0.25, -0.2) is 17.5 Å². The van der Waals surface area contributed by atoms with Crippen molar-refractivity contribution in [2.24, 2.45) is 0 Å². The van der Waals surface area contributed by atoms with E-state index in [1.165, 1.54) is 36.4 Å². The molecule has 6 nitrogen and oxygen atoms in total. The molecule has 23 heavy (non-hydrogen) atoms. The molecule has 8 heteroatoms. The lowest BCUT2D eigenvalue weighted by atomic mass is 10.2. The van der Waals surface area contributed by atoms with Gasteiger partial charge >= 0.3 is 0 Å². The lowest BCUT2D eigenvalue weighted by Gasteiger charge is -2.18. The fraction of sp³-hybridized carbons (Fsp3) is 0.133. The SMILES string of the molecule is O=C1COc2ccc(S(=O)(=O)NCc3ccccc3F)cc2N1. The van der Waals surface area contributed by atoms with Crippen LogP contribution < -0.4 is 14.8 Å². The molecule has 0 atom stereocenters.